The van der Waals surface area contributed by atoms with Gasteiger partial charge in [-0.25, -0.2) is 9.37 Å². The minimum atomic E-state index is -0.310. The molecule has 2 aromatic carbocycles. The third kappa shape index (κ3) is 4.98. The Morgan fingerprint density at radius 1 is 1.27 bits per heavy atom. The van der Waals surface area contributed by atoms with Crippen molar-refractivity contribution in [3.8, 4) is 11.4 Å². The van der Waals surface area contributed by atoms with Gasteiger partial charge >= 0.3 is 0 Å². The molecule has 4 rings (SSSR count). The van der Waals surface area contributed by atoms with Crippen LogP contribution in [0.25, 0.3) is 11.8 Å². The summed E-state index contributed by atoms with van der Waals surface area (Å²) < 4.78 is 21.4. The number of hydrogen-bond donors (Lipinski definition) is 2. The number of aliphatic hydroxyl groups is 1. The number of methoxy groups -OCH3 is 1. The molecule has 1 atom stereocenters. The third-order valence-electron chi connectivity index (χ3n) is 5.98. The van der Waals surface area contributed by atoms with Crippen molar-refractivity contribution >= 4 is 11.9 Å². The van der Waals surface area contributed by atoms with Crippen LogP contribution in [0.15, 0.2) is 60.6 Å². The fourth-order valence-electron chi connectivity index (χ4n) is 4.40. The molecule has 1 saturated heterocycles. The van der Waals surface area contributed by atoms with Crippen molar-refractivity contribution < 1.29 is 14.2 Å². The zero-order valence-electron chi connectivity index (χ0n) is 19.0. The van der Waals surface area contributed by atoms with E-state index in [9.17, 15) is 9.50 Å². The maximum Gasteiger partial charge on any atom is 0.143 e. The lowest BCUT2D eigenvalue weighted by Gasteiger charge is -2.38. The van der Waals surface area contributed by atoms with Crippen LogP contribution in [-0.4, -0.2) is 45.7 Å². The Hall–Kier alpha value is -3.45. The molecule has 1 fully saturated rings. The van der Waals surface area contributed by atoms with Crippen LogP contribution in [0.2, 0.25) is 0 Å². The van der Waals surface area contributed by atoms with E-state index in [0.29, 0.717) is 18.8 Å². The number of halogens is 1. The number of amidine groups is 1. The highest BCUT2D eigenvalue weighted by Gasteiger charge is 2.28. The van der Waals surface area contributed by atoms with Crippen molar-refractivity contribution in [2.45, 2.75) is 32.2 Å². The zero-order valence-corrected chi connectivity index (χ0v) is 19.0. The molecule has 0 amide bonds. The van der Waals surface area contributed by atoms with Crippen molar-refractivity contribution in [1.29, 1.82) is 5.41 Å². The van der Waals surface area contributed by atoms with E-state index >= 15 is 0 Å². The average molecular weight is 449 g/mol. The first kappa shape index (κ1) is 22.7. The SMILES string of the molecule is COc1cc(/C=C2\CCCN([C@H](CCO)c3cccc(F)c3)C2=N)ccc1-n1cnc(C)c1. The Morgan fingerprint density at radius 3 is 2.82 bits per heavy atom. The Kier molecular flexibility index (Phi) is 6.89. The molecule has 1 aliphatic rings. The van der Waals surface area contributed by atoms with Gasteiger partial charge in [-0.15, -0.1) is 0 Å². The number of aliphatic hydroxyl groups excluding tert-OH is 1. The quantitative estimate of drug-likeness (QED) is 0.539. The number of likely N-dealkylation sites (tertiary alicyclic amines) is 1. The Labute approximate surface area is 193 Å². The molecule has 0 aliphatic carbocycles. The van der Waals surface area contributed by atoms with Gasteiger partial charge in [0.2, 0.25) is 0 Å². The van der Waals surface area contributed by atoms with Gasteiger partial charge in [0, 0.05) is 19.3 Å². The largest absolute Gasteiger partial charge is 0.495 e. The third-order valence-corrected chi connectivity index (χ3v) is 5.98. The van der Waals surface area contributed by atoms with Crippen molar-refractivity contribution in [2.24, 2.45) is 0 Å². The van der Waals surface area contributed by atoms with E-state index in [0.717, 1.165) is 46.7 Å². The summed E-state index contributed by atoms with van der Waals surface area (Å²) in [6, 6.07) is 12.1. The summed E-state index contributed by atoms with van der Waals surface area (Å²) in [5, 5.41) is 18.5. The van der Waals surface area contributed by atoms with E-state index in [1.807, 2.05) is 52.9 Å². The van der Waals surface area contributed by atoms with Gasteiger partial charge in [0.25, 0.3) is 0 Å². The molecular weight excluding hydrogens is 419 g/mol. The number of nitrogens with one attached hydrogen (secondary N) is 1. The normalized spacial score (nSPS) is 16.3. The van der Waals surface area contributed by atoms with Gasteiger partial charge in [0.15, 0.2) is 0 Å². The smallest absolute Gasteiger partial charge is 0.143 e. The van der Waals surface area contributed by atoms with E-state index in [1.54, 1.807) is 19.5 Å². The molecule has 1 aliphatic heterocycles. The molecule has 0 spiro atoms. The maximum absolute atomic E-state index is 13.9. The van der Waals surface area contributed by atoms with E-state index in [4.69, 9.17) is 10.1 Å². The Bertz CT molecular complexity index is 1170. The van der Waals surface area contributed by atoms with Crippen LogP contribution in [0.5, 0.6) is 5.75 Å². The topological polar surface area (TPSA) is 74.4 Å². The number of piperidine rings is 1. The first-order chi connectivity index (χ1) is 16.0. The predicted octanol–water partition coefficient (Wildman–Crippen LogP) is 4.91. The number of ether oxygens (including phenoxy) is 1. The van der Waals surface area contributed by atoms with Crippen molar-refractivity contribution in [3.05, 3.63) is 83.2 Å². The van der Waals surface area contributed by atoms with Crippen LogP contribution in [0.4, 0.5) is 4.39 Å². The molecule has 0 radical (unpaired) electrons. The van der Waals surface area contributed by atoms with E-state index < -0.39 is 0 Å². The van der Waals surface area contributed by atoms with Crippen LogP contribution in [0, 0.1) is 18.2 Å². The molecule has 0 unspecified atom stereocenters. The first-order valence-electron chi connectivity index (χ1n) is 11.1. The number of aryl methyl sites for hydroxylation is 1. The molecule has 3 aromatic rings. The van der Waals surface area contributed by atoms with E-state index in [2.05, 4.69) is 4.98 Å². The highest BCUT2D eigenvalue weighted by atomic mass is 19.1. The summed E-state index contributed by atoms with van der Waals surface area (Å²) in [6.07, 6.45) is 7.82. The molecule has 6 nitrogen and oxygen atoms in total. The standard InChI is InChI=1S/C26H29FN4O2/c1-18-16-30(17-29-18)24-9-8-19(14-25(24)33-2)13-21-6-4-11-31(26(21)28)23(10-12-32)20-5-3-7-22(27)15-20/h3,5,7-9,13-17,23,28,32H,4,6,10-12H2,1-2H3/b21-13+,28-26?/t23-/m1/s1. The highest BCUT2D eigenvalue weighted by molar-refractivity contribution is 6.00. The van der Waals surface area contributed by atoms with Crippen molar-refractivity contribution in [3.63, 3.8) is 0 Å². The molecule has 0 bridgehead atoms. The van der Waals surface area contributed by atoms with Crippen LogP contribution in [0.3, 0.4) is 0 Å². The molecule has 0 saturated carbocycles. The van der Waals surface area contributed by atoms with Gasteiger partial charge in [-0.3, -0.25) is 5.41 Å². The Morgan fingerprint density at radius 2 is 2.12 bits per heavy atom. The summed E-state index contributed by atoms with van der Waals surface area (Å²) in [7, 11) is 1.64. The van der Waals surface area contributed by atoms with E-state index in [1.165, 1.54) is 12.1 Å². The first-order valence-corrected chi connectivity index (χ1v) is 11.1. The second kappa shape index (κ2) is 10.0. The summed E-state index contributed by atoms with van der Waals surface area (Å²) in [5.74, 6) is 0.825. The van der Waals surface area contributed by atoms with Crippen LogP contribution >= 0.6 is 0 Å². The molecule has 1 aromatic heterocycles. The maximum atomic E-state index is 13.9. The zero-order chi connectivity index (χ0) is 23.4. The van der Waals surface area contributed by atoms with Crippen LogP contribution in [-0.2, 0) is 0 Å². The summed E-state index contributed by atoms with van der Waals surface area (Å²) >= 11 is 0. The molecule has 7 heteroatoms. The van der Waals surface area contributed by atoms with Crippen LogP contribution < -0.4 is 4.74 Å². The molecule has 2 heterocycles. The summed E-state index contributed by atoms with van der Waals surface area (Å²) in [5.41, 5.74) is 4.45. The van der Waals surface area contributed by atoms with Gasteiger partial charge < -0.3 is 19.3 Å². The molecule has 2 N–H and O–H groups in total. The lowest BCUT2D eigenvalue weighted by Crippen LogP contribution is -2.39. The highest BCUT2D eigenvalue weighted by Crippen LogP contribution is 2.32. The lowest BCUT2D eigenvalue weighted by atomic mass is 9.95. The van der Waals surface area contributed by atoms with Gasteiger partial charge in [-0.2, -0.15) is 0 Å². The Balaban J connectivity index is 1.62. The second-order valence-electron chi connectivity index (χ2n) is 8.25. The monoisotopic (exact) mass is 448 g/mol. The number of benzene rings is 2. The minimum absolute atomic E-state index is 0.0314. The number of nitrogens with zero attached hydrogens (tertiary/aromatic N) is 3. The minimum Gasteiger partial charge on any atom is -0.495 e. The molecule has 172 valence electrons. The number of aromatic nitrogens is 2. The summed E-state index contributed by atoms with van der Waals surface area (Å²) in [4.78, 5) is 6.26. The fourth-order valence-corrected chi connectivity index (χ4v) is 4.40. The van der Waals surface area contributed by atoms with Gasteiger partial charge in [-0.1, -0.05) is 18.2 Å². The number of hydrogen-bond acceptors (Lipinski definition) is 4. The van der Waals surface area contributed by atoms with E-state index in [-0.39, 0.29) is 18.5 Å². The fraction of sp³-hybridized carbons (Fsp3) is 0.308. The number of imidazole rings is 1. The van der Waals surface area contributed by atoms with Gasteiger partial charge in [0.05, 0.1) is 30.9 Å². The lowest BCUT2D eigenvalue weighted by molar-refractivity contribution is 0.213. The summed E-state index contributed by atoms with van der Waals surface area (Å²) in [6.45, 7) is 2.60. The van der Waals surface area contributed by atoms with Crippen molar-refractivity contribution in [2.75, 3.05) is 20.3 Å². The van der Waals surface area contributed by atoms with Crippen LogP contribution in [0.1, 0.15) is 42.1 Å². The number of rotatable bonds is 7. The van der Waals surface area contributed by atoms with Crippen molar-refractivity contribution in [1.82, 2.24) is 14.5 Å². The predicted molar refractivity (Wildman–Crippen MR) is 127 cm³/mol. The van der Waals surface area contributed by atoms with Gasteiger partial charge in [0.1, 0.15) is 17.4 Å². The molecule has 33 heavy (non-hydrogen) atoms. The second-order valence-corrected chi connectivity index (χ2v) is 8.25. The van der Waals surface area contributed by atoms with Gasteiger partial charge in [-0.05, 0) is 73.2 Å². The molecular formula is C26H29FN4O2. The average Bonchev–Trinajstić information content (AvgIpc) is 3.25.